The van der Waals surface area contributed by atoms with E-state index in [9.17, 15) is 0 Å². The van der Waals surface area contributed by atoms with Crippen LogP contribution in [0.15, 0.2) is 12.1 Å². The molecular formula is C17H27NO3. The average molecular weight is 293 g/mol. The lowest BCUT2D eigenvalue weighted by atomic mass is 9.95. The number of anilines is 1. The highest BCUT2D eigenvalue weighted by Gasteiger charge is 2.25. The highest BCUT2D eigenvalue weighted by atomic mass is 16.5. The van der Waals surface area contributed by atoms with Crippen LogP contribution in [0.25, 0.3) is 0 Å². The fourth-order valence-electron chi connectivity index (χ4n) is 2.78. The van der Waals surface area contributed by atoms with Crippen molar-refractivity contribution in [2.75, 3.05) is 26.1 Å². The molecule has 0 radical (unpaired) electrons. The molecule has 1 fully saturated rings. The van der Waals surface area contributed by atoms with Crippen LogP contribution in [0.1, 0.15) is 32.3 Å². The second-order valence-corrected chi connectivity index (χ2v) is 6.04. The van der Waals surface area contributed by atoms with Gasteiger partial charge in [-0.1, -0.05) is 13.8 Å². The van der Waals surface area contributed by atoms with Gasteiger partial charge in [-0.05, 0) is 37.3 Å². The molecule has 1 aliphatic rings. The van der Waals surface area contributed by atoms with Gasteiger partial charge in [0.2, 0.25) is 0 Å². The maximum absolute atomic E-state index is 5.83. The predicted octanol–water partition coefficient (Wildman–Crippen LogP) is 3.63. The minimum absolute atomic E-state index is 0.344. The summed E-state index contributed by atoms with van der Waals surface area (Å²) in [5.41, 5.74) is 2.28. The summed E-state index contributed by atoms with van der Waals surface area (Å²) in [6.45, 7) is 7.35. The van der Waals surface area contributed by atoms with Gasteiger partial charge in [-0.2, -0.15) is 0 Å². The van der Waals surface area contributed by atoms with Gasteiger partial charge in [0.1, 0.15) is 0 Å². The summed E-state index contributed by atoms with van der Waals surface area (Å²) >= 11 is 0. The number of rotatable bonds is 5. The summed E-state index contributed by atoms with van der Waals surface area (Å²) < 4.78 is 16.6. The van der Waals surface area contributed by atoms with Crippen LogP contribution in [0.2, 0.25) is 0 Å². The van der Waals surface area contributed by atoms with Gasteiger partial charge in [0.25, 0.3) is 0 Å². The number of hydrogen-bond donors (Lipinski definition) is 1. The quantitative estimate of drug-likeness (QED) is 0.900. The van der Waals surface area contributed by atoms with Crippen LogP contribution < -0.4 is 14.8 Å². The van der Waals surface area contributed by atoms with E-state index < -0.39 is 0 Å². The van der Waals surface area contributed by atoms with Crippen molar-refractivity contribution in [1.29, 1.82) is 0 Å². The Balaban J connectivity index is 2.12. The molecule has 0 spiro atoms. The molecule has 0 aromatic heterocycles. The van der Waals surface area contributed by atoms with Gasteiger partial charge in [-0.25, -0.2) is 0 Å². The lowest BCUT2D eigenvalue weighted by Gasteiger charge is -2.33. The topological polar surface area (TPSA) is 39.7 Å². The first-order valence-corrected chi connectivity index (χ1v) is 7.66. The SMILES string of the molecule is COc1cc(C)c(NC2CCOC(C(C)C)C2)cc1OC. The van der Waals surface area contributed by atoms with Crippen LogP contribution in [0, 0.1) is 12.8 Å². The summed E-state index contributed by atoms with van der Waals surface area (Å²) in [5.74, 6) is 2.09. The fraction of sp³-hybridized carbons (Fsp3) is 0.647. The molecule has 118 valence electrons. The third-order valence-electron chi connectivity index (χ3n) is 4.15. The van der Waals surface area contributed by atoms with Gasteiger partial charge in [-0.3, -0.25) is 0 Å². The van der Waals surface area contributed by atoms with E-state index in [1.807, 2.05) is 12.1 Å². The van der Waals surface area contributed by atoms with Crippen LogP contribution in [0.5, 0.6) is 11.5 Å². The van der Waals surface area contributed by atoms with Crippen molar-refractivity contribution < 1.29 is 14.2 Å². The van der Waals surface area contributed by atoms with Crippen LogP contribution in [-0.4, -0.2) is 33.0 Å². The molecule has 4 heteroatoms. The van der Waals surface area contributed by atoms with E-state index in [1.165, 1.54) is 5.56 Å². The molecule has 0 aliphatic carbocycles. The van der Waals surface area contributed by atoms with E-state index in [1.54, 1.807) is 14.2 Å². The summed E-state index contributed by atoms with van der Waals surface area (Å²) in [6.07, 6.45) is 2.43. The van der Waals surface area contributed by atoms with Crippen LogP contribution in [0.4, 0.5) is 5.69 Å². The van der Waals surface area contributed by atoms with Gasteiger partial charge < -0.3 is 19.5 Å². The van der Waals surface area contributed by atoms with E-state index in [0.29, 0.717) is 18.1 Å². The molecule has 1 saturated heterocycles. The molecule has 2 unspecified atom stereocenters. The summed E-state index contributed by atoms with van der Waals surface area (Å²) in [7, 11) is 3.33. The molecule has 2 atom stereocenters. The second kappa shape index (κ2) is 7.03. The maximum atomic E-state index is 5.83. The summed E-state index contributed by atoms with van der Waals surface area (Å²) in [5, 5.41) is 3.64. The van der Waals surface area contributed by atoms with Crippen LogP contribution in [0.3, 0.4) is 0 Å². The lowest BCUT2D eigenvalue weighted by molar-refractivity contribution is -0.0160. The molecule has 1 aromatic rings. The van der Waals surface area contributed by atoms with Gasteiger partial charge >= 0.3 is 0 Å². The lowest BCUT2D eigenvalue weighted by Crippen LogP contribution is -2.36. The first kappa shape index (κ1) is 16.0. The summed E-state index contributed by atoms with van der Waals surface area (Å²) in [6, 6.07) is 4.48. The van der Waals surface area contributed by atoms with Gasteiger partial charge in [0.15, 0.2) is 11.5 Å². The van der Waals surface area contributed by atoms with Crippen molar-refractivity contribution in [3.63, 3.8) is 0 Å². The van der Waals surface area contributed by atoms with Crippen LogP contribution >= 0.6 is 0 Å². The Hall–Kier alpha value is -1.42. The van der Waals surface area contributed by atoms with Crippen molar-refractivity contribution >= 4 is 5.69 Å². The number of benzene rings is 1. The Bertz CT molecular complexity index is 473. The van der Waals surface area contributed by atoms with Crippen molar-refractivity contribution in [3.05, 3.63) is 17.7 Å². The first-order chi connectivity index (χ1) is 10.0. The average Bonchev–Trinajstić information content (AvgIpc) is 2.49. The van der Waals surface area contributed by atoms with E-state index in [2.05, 4.69) is 26.1 Å². The Morgan fingerprint density at radius 1 is 1.19 bits per heavy atom. The number of methoxy groups -OCH3 is 2. The molecule has 0 amide bonds. The Labute approximate surface area is 127 Å². The molecule has 2 rings (SSSR count). The van der Waals surface area contributed by atoms with E-state index in [4.69, 9.17) is 14.2 Å². The predicted molar refractivity (Wildman–Crippen MR) is 85.5 cm³/mol. The number of aryl methyl sites for hydroxylation is 1. The molecule has 4 nitrogen and oxygen atoms in total. The Morgan fingerprint density at radius 3 is 2.48 bits per heavy atom. The smallest absolute Gasteiger partial charge is 0.162 e. The second-order valence-electron chi connectivity index (χ2n) is 6.04. The van der Waals surface area contributed by atoms with Crippen molar-refractivity contribution in [2.45, 2.75) is 45.8 Å². The molecule has 0 saturated carbocycles. The highest BCUT2D eigenvalue weighted by Crippen LogP contribution is 2.34. The zero-order chi connectivity index (χ0) is 15.4. The monoisotopic (exact) mass is 293 g/mol. The Kier molecular flexibility index (Phi) is 5.34. The van der Waals surface area contributed by atoms with Crippen molar-refractivity contribution in [2.24, 2.45) is 5.92 Å². The first-order valence-electron chi connectivity index (χ1n) is 7.66. The zero-order valence-electron chi connectivity index (χ0n) is 13.7. The van der Waals surface area contributed by atoms with Crippen LogP contribution in [-0.2, 0) is 4.74 Å². The minimum Gasteiger partial charge on any atom is -0.493 e. The highest BCUT2D eigenvalue weighted by molar-refractivity contribution is 5.60. The normalized spacial score (nSPS) is 22.2. The third kappa shape index (κ3) is 3.82. The third-order valence-corrected chi connectivity index (χ3v) is 4.15. The molecule has 1 N–H and O–H groups in total. The van der Waals surface area contributed by atoms with Crippen molar-refractivity contribution in [3.8, 4) is 11.5 Å². The minimum atomic E-state index is 0.344. The largest absolute Gasteiger partial charge is 0.493 e. The van der Waals surface area contributed by atoms with Crippen molar-refractivity contribution in [1.82, 2.24) is 0 Å². The number of nitrogens with one attached hydrogen (secondary N) is 1. The van der Waals surface area contributed by atoms with Gasteiger partial charge in [0, 0.05) is 24.4 Å². The molecular weight excluding hydrogens is 266 g/mol. The fourth-order valence-corrected chi connectivity index (χ4v) is 2.78. The molecule has 1 aliphatic heterocycles. The van der Waals surface area contributed by atoms with E-state index >= 15 is 0 Å². The number of ether oxygens (including phenoxy) is 3. The van der Waals surface area contributed by atoms with E-state index in [0.717, 1.165) is 36.6 Å². The van der Waals surface area contributed by atoms with Gasteiger partial charge in [0.05, 0.1) is 20.3 Å². The zero-order valence-corrected chi connectivity index (χ0v) is 13.7. The van der Waals surface area contributed by atoms with Gasteiger partial charge in [-0.15, -0.1) is 0 Å². The van der Waals surface area contributed by atoms with E-state index in [-0.39, 0.29) is 0 Å². The summed E-state index contributed by atoms with van der Waals surface area (Å²) in [4.78, 5) is 0. The molecule has 21 heavy (non-hydrogen) atoms. The standard InChI is InChI=1S/C17H27NO3/c1-11(2)15-9-13(6-7-21-15)18-14-10-17(20-5)16(19-4)8-12(14)3/h8,10-11,13,15,18H,6-7,9H2,1-5H3. The molecule has 1 aromatic carbocycles. The maximum Gasteiger partial charge on any atom is 0.162 e. The Morgan fingerprint density at radius 2 is 1.86 bits per heavy atom. The number of hydrogen-bond acceptors (Lipinski definition) is 4. The molecule has 0 bridgehead atoms. The molecule has 1 heterocycles.